The zero-order chi connectivity index (χ0) is 26.0. The summed E-state index contributed by atoms with van der Waals surface area (Å²) in [4.78, 5) is 33.4. The van der Waals surface area contributed by atoms with Crippen LogP contribution >= 0.6 is 0 Å². The minimum absolute atomic E-state index is 0.0794. The van der Waals surface area contributed by atoms with Crippen LogP contribution in [0.25, 0.3) is 0 Å². The number of carbonyl (C=O) groups is 2. The lowest BCUT2D eigenvalue weighted by atomic mass is 9.87. The maximum Gasteiger partial charge on any atom is 0.247 e. The Morgan fingerprint density at radius 1 is 1.11 bits per heavy atom. The predicted molar refractivity (Wildman–Crippen MR) is 144 cm³/mol. The summed E-state index contributed by atoms with van der Waals surface area (Å²) in [6, 6.07) is 15.7. The van der Waals surface area contributed by atoms with Crippen molar-refractivity contribution in [3.8, 4) is 0 Å². The molecular weight excluding hydrogens is 450 g/mol. The van der Waals surface area contributed by atoms with E-state index in [0.717, 1.165) is 42.5 Å². The van der Waals surface area contributed by atoms with Gasteiger partial charge in [0.15, 0.2) is 0 Å². The number of nitrogens with zero attached hydrogens (tertiary/aromatic N) is 3. The molecule has 2 atom stereocenters. The van der Waals surface area contributed by atoms with E-state index < -0.39 is 6.04 Å². The van der Waals surface area contributed by atoms with Gasteiger partial charge in [0.25, 0.3) is 0 Å². The van der Waals surface area contributed by atoms with Gasteiger partial charge in [-0.1, -0.05) is 45.0 Å². The average Bonchev–Trinajstić information content (AvgIpc) is 3.43. The molecule has 4 rings (SSSR count). The second-order valence-corrected chi connectivity index (χ2v) is 10.0. The Kier molecular flexibility index (Phi) is 9.70. The minimum atomic E-state index is -0.485. The molecule has 0 aliphatic carbocycles. The molecule has 1 aliphatic rings. The highest BCUT2D eigenvalue weighted by Crippen LogP contribution is 2.29. The molecule has 0 spiro atoms. The van der Waals surface area contributed by atoms with Crippen molar-refractivity contribution in [1.82, 2.24) is 20.6 Å². The van der Waals surface area contributed by atoms with E-state index in [4.69, 9.17) is 0 Å². The van der Waals surface area contributed by atoms with E-state index in [1.807, 2.05) is 36.2 Å². The SMILES string of the molecule is CN(c1ccc(C(C)(C)C)cc1)C(C(=O)NCc1cccnc1)c1cccnc1.O=CC1CCCN1. The largest absolute Gasteiger partial charge is 0.359 e. The van der Waals surface area contributed by atoms with Gasteiger partial charge >= 0.3 is 0 Å². The van der Waals surface area contributed by atoms with Crippen molar-refractivity contribution in [2.45, 2.75) is 57.7 Å². The molecule has 2 unspecified atom stereocenters. The summed E-state index contributed by atoms with van der Waals surface area (Å²) in [7, 11) is 1.94. The lowest BCUT2D eigenvalue weighted by Crippen LogP contribution is -2.38. The van der Waals surface area contributed by atoms with Gasteiger partial charge < -0.3 is 20.3 Å². The first kappa shape index (κ1) is 27.0. The van der Waals surface area contributed by atoms with Crippen LogP contribution in [0.1, 0.15) is 56.3 Å². The maximum atomic E-state index is 13.2. The van der Waals surface area contributed by atoms with Crippen molar-refractivity contribution < 1.29 is 9.59 Å². The number of pyridine rings is 2. The number of nitrogens with one attached hydrogen (secondary N) is 2. The summed E-state index contributed by atoms with van der Waals surface area (Å²) in [6.45, 7) is 8.02. The summed E-state index contributed by atoms with van der Waals surface area (Å²) in [5.74, 6) is -0.0794. The van der Waals surface area contributed by atoms with Gasteiger partial charge in [0, 0.05) is 49.6 Å². The van der Waals surface area contributed by atoms with E-state index in [1.54, 1.807) is 24.8 Å². The number of likely N-dealkylation sites (N-methyl/N-ethyl adjacent to an activating group) is 1. The van der Waals surface area contributed by atoms with E-state index in [2.05, 4.69) is 65.6 Å². The first-order valence-corrected chi connectivity index (χ1v) is 12.4. The van der Waals surface area contributed by atoms with E-state index >= 15 is 0 Å². The molecule has 1 aliphatic heterocycles. The fraction of sp³-hybridized carbons (Fsp3) is 0.379. The van der Waals surface area contributed by atoms with Crippen molar-refractivity contribution in [2.75, 3.05) is 18.5 Å². The highest BCUT2D eigenvalue weighted by Gasteiger charge is 2.26. The van der Waals surface area contributed by atoms with Crippen LogP contribution in [0.2, 0.25) is 0 Å². The van der Waals surface area contributed by atoms with Gasteiger partial charge in [0.2, 0.25) is 5.91 Å². The molecule has 36 heavy (non-hydrogen) atoms. The number of rotatable bonds is 7. The standard InChI is InChI=1S/C24H28N4O.C5H9NO/c1-24(2,3)20-9-11-21(12-10-20)28(4)22(19-8-6-14-26-17-19)23(29)27-16-18-7-5-13-25-15-18;7-4-5-2-1-3-6-5/h5-15,17,22H,16H2,1-4H3,(H,27,29);4-6H,1-3H2. The van der Waals surface area contributed by atoms with E-state index in [9.17, 15) is 9.59 Å². The number of benzene rings is 1. The van der Waals surface area contributed by atoms with Crippen molar-refractivity contribution in [3.05, 3.63) is 90.0 Å². The van der Waals surface area contributed by atoms with Crippen LogP contribution in [0.3, 0.4) is 0 Å². The molecule has 7 heteroatoms. The minimum Gasteiger partial charge on any atom is -0.359 e. The molecule has 2 N–H and O–H groups in total. The normalized spacial score (nSPS) is 15.8. The molecule has 1 fully saturated rings. The number of aldehydes is 1. The van der Waals surface area contributed by atoms with Gasteiger partial charge in [-0.25, -0.2) is 0 Å². The maximum absolute atomic E-state index is 13.2. The molecule has 0 radical (unpaired) electrons. The van der Waals surface area contributed by atoms with Crippen LogP contribution in [0.4, 0.5) is 5.69 Å². The molecule has 2 aromatic heterocycles. The molecule has 0 bridgehead atoms. The van der Waals surface area contributed by atoms with E-state index in [0.29, 0.717) is 6.54 Å². The van der Waals surface area contributed by atoms with Crippen molar-refractivity contribution >= 4 is 17.9 Å². The third-order valence-electron chi connectivity index (χ3n) is 6.23. The fourth-order valence-corrected chi connectivity index (χ4v) is 4.05. The summed E-state index contributed by atoms with van der Waals surface area (Å²) in [5, 5.41) is 6.07. The number of hydrogen-bond donors (Lipinski definition) is 2. The Morgan fingerprint density at radius 2 is 1.81 bits per heavy atom. The first-order chi connectivity index (χ1) is 17.3. The summed E-state index contributed by atoms with van der Waals surface area (Å²) in [5.41, 5.74) is 4.12. The zero-order valence-electron chi connectivity index (χ0n) is 21.6. The Bertz CT molecular complexity index is 1080. The van der Waals surface area contributed by atoms with E-state index in [-0.39, 0.29) is 17.4 Å². The predicted octanol–water partition coefficient (Wildman–Crippen LogP) is 4.21. The van der Waals surface area contributed by atoms with Crippen molar-refractivity contribution in [1.29, 1.82) is 0 Å². The zero-order valence-corrected chi connectivity index (χ0v) is 21.6. The van der Waals surface area contributed by atoms with Crippen molar-refractivity contribution in [3.63, 3.8) is 0 Å². The number of anilines is 1. The number of carbonyl (C=O) groups excluding carboxylic acids is 2. The van der Waals surface area contributed by atoms with Crippen LogP contribution in [0, 0.1) is 0 Å². The van der Waals surface area contributed by atoms with Gasteiger partial charge in [-0.15, -0.1) is 0 Å². The molecule has 3 aromatic rings. The van der Waals surface area contributed by atoms with Crippen LogP contribution in [-0.2, 0) is 21.5 Å². The van der Waals surface area contributed by atoms with E-state index in [1.165, 1.54) is 5.56 Å². The summed E-state index contributed by atoms with van der Waals surface area (Å²) < 4.78 is 0. The summed E-state index contributed by atoms with van der Waals surface area (Å²) >= 11 is 0. The second kappa shape index (κ2) is 12.9. The quantitative estimate of drug-likeness (QED) is 0.486. The Labute approximate surface area is 214 Å². The molecule has 1 aromatic carbocycles. The van der Waals surface area contributed by atoms with Gasteiger partial charge in [-0.3, -0.25) is 14.8 Å². The van der Waals surface area contributed by atoms with Crippen LogP contribution in [0.5, 0.6) is 0 Å². The van der Waals surface area contributed by atoms with Crippen LogP contribution < -0.4 is 15.5 Å². The molecular formula is C29H37N5O2. The van der Waals surface area contributed by atoms with Crippen LogP contribution in [0.15, 0.2) is 73.3 Å². The second-order valence-electron chi connectivity index (χ2n) is 10.0. The molecule has 7 nitrogen and oxygen atoms in total. The van der Waals surface area contributed by atoms with Crippen LogP contribution in [-0.4, -0.2) is 41.8 Å². The Morgan fingerprint density at radius 3 is 2.31 bits per heavy atom. The Balaban J connectivity index is 0.000000444. The summed E-state index contributed by atoms with van der Waals surface area (Å²) in [6.07, 6.45) is 10.1. The number of amides is 1. The van der Waals surface area contributed by atoms with Gasteiger partial charge in [-0.2, -0.15) is 0 Å². The molecule has 190 valence electrons. The first-order valence-electron chi connectivity index (χ1n) is 12.4. The fourth-order valence-electron chi connectivity index (χ4n) is 4.05. The third-order valence-corrected chi connectivity index (χ3v) is 6.23. The molecule has 3 heterocycles. The number of hydrogen-bond acceptors (Lipinski definition) is 6. The lowest BCUT2D eigenvalue weighted by Gasteiger charge is -2.30. The van der Waals surface area contributed by atoms with Gasteiger partial charge in [0.05, 0.1) is 6.04 Å². The number of aromatic nitrogens is 2. The van der Waals surface area contributed by atoms with Gasteiger partial charge in [0.1, 0.15) is 12.3 Å². The topological polar surface area (TPSA) is 87.2 Å². The molecule has 0 saturated carbocycles. The molecule has 1 amide bonds. The monoisotopic (exact) mass is 487 g/mol. The highest BCUT2D eigenvalue weighted by molar-refractivity contribution is 5.86. The van der Waals surface area contributed by atoms with Gasteiger partial charge in [-0.05, 0) is 60.2 Å². The van der Waals surface area contributed by atoms with Crippen molar-refractivity contribution in [2.24, 2.45) is 0 Å². The average molecular weight is 488 g/mol. The molecule has 1 saturated heterocycles. The third kappa shape index (κ3) is 7.71. The smallest absolute Gasteiger partial charge is 0.247 e. The lowest BCUT2D eigenvalue weighted by molar-refractivity contribution is -0.122. The highest BCUT2D eigenvalue weighted by atomic mass is 16.2. The Hall–Kier alpha value is -3.58.